The van der Waals surface area contributed by atoms with Gasteiger partial charge in [0.2, 0.25) is 0 Å². The van der Waals surface area contributed by atoms with Gasteiger partial charge in [-0.2, -0.15) is 0 Å². The van der Waals surface area contributed by atoms with E-state index in [2.05, 4.69) is 0 Å². The van der Waals surface area contributed by atoms with Crippen molar-refractivity contribution in [3.05, 3.63) is 63.2 Å². The molecule has 2 aromatic rings. The molecule has 0 amide bonds. The summed E-state index contributed by atoms with van der Waals surface area (Å²) in [5.41, 5.74) is 0.401. The van der Waals surface area contributed by atoms with Gasteiger partial charge in [0, 0.05) is 11.1 Å². The quantitative estimate of drug-likeness (QED) is 0.850. The maximum Gasteiger partial charge on any atom is 0.339 e. The van der Waals surface area contributed by atoms with Gasteiger partial charge in [0.05, 0.1) is 13.2 Å². The highest BCUT2D eigenvalue weighted by molar-refractivity contribution is 6.32. The Morgan fingerprint density at radius 2 is 2.00 bits per heavy atom. The van der Waals surface area contributed by atoms with E-state index in [-0.39, 0.29) is 0 Å². The molecule has 0 radical (unpaired) electrons. The maximum absolute atomic E-state index is 11.2. The maximum atomic E-state index is 11.2. The van der Waals surface area contributed by atoms with E-state index in [4.69, 9.17) is 20.8 Å². The van der Waals surface area contributed by atoms with Crippen molar-refractivity contribution in [2.75, 3.05) is 7.11 Å². The van der Waals surface area contributed by atoms with Crippen LogP contribution in [0.5, 0.6) is 5.75 Å². The van der Waals surface area contributed by atoms with E-state index in [0.29, 0.717) is 16.5 Å². The number of methoxy groups -OCH3 is 1. The zero-order chi connectivity index (χ0) is 13.0. The molecule has 0 unspecified atom stereocenters. The Labute approximate surface area is 109 Å². The van der Waals surface area contributed by atoms with Gasteiger partial charge in [-0.15, -0.1) is 0 Å². The van der Waals surface area contributed by atoms with Crippen LogP contribution in [-0.4, -0.2) is 7.11 Å². The van der Waals surface area contributed by atoms with Gasteiger partial charge in [0.15, 0.2) is 0 Å². The molecule has 0 bridgehead atoms. The first-order valence-corrected chi connectivity index (χ1v) is 5.68. The third-order valence-corrected chi connectivity index (χ3v) is 2.68. The number of rotatable bonds is 3. The molecule has 3 nitrogen and oxygen atoms in total. The molecule has 0 aliphatic heterocycles. The summed E-state index contributed by atoms with van der Waals surface area (Å²) in [6.45, 7) is 0. The molecular weight excluding hydrogens is 252 g/mol. The first-order chi connectivity index (χ1) is 8.69. The molecule has 0 fully saturated rings. The molecule has 1 aromatic carbocycles. The van der Waals surface area contributed by atoms with Crippen molar-refractivity contribution in [1.82, 2.24) is 0 Å². The molecule has 92 valence electrons. The summed E-state index contributed by atoms with van der Waals surface area (Å²) in [7, 11) is 1.50. The highest BCUT2D eigenvalue weighted by atomic mass is 35.5. The monoisotopic (exact) mass is 262 g/mol. The molecule has 0 spiro atoms. The van der Waals surface area contributed by atoms with E-state index in [1.54, 1.807) is 24.3 Å². The van der Waals surface area contributed by atoms with E-state index in [1.165, 1.54) is 13.2 Å². The van der Waals surface area contributed by atoms with Crippen molar-refractivity contribution in [3.8, 4) is 5.75 Å². The van der Waals surface area contributed by atoms with Gasteiger partial charge in [-0.1, -0.05) is 29.8 Å². The largest absolute Gasteiger partial charge is 0.496 e. The molecule has 0 N–H and O–H groups in total. The number of benzene rings is 1. The Morgan fingerprint density at radius 1 is 1.22 bits per heavy atom. The van der Waals surface area contributed by atoms with Crippen LogP contribution < -0.4 is 10.4 Å². The van der Waals surface area contributed by atoms with Crippen LogP contribution in [0, 0.1) is 0 Å². The second-order valence-corrected chi connectivity index (χ2v) is 3.98. The van der Waals surface area contributed by atoms with E-state index in [1.807, 2.05) is 18.2 Å². The normalized spacial score (nSPS) is 10.8. The lowest BCUT2D eigenvalue weighted by Crippen LogP contribution is -1.98. The SMILES string of the molecule is COc1cc(/C=C\c2ccccc2Cl)oc(=O)c1. The average molecular weight is 263 g/mol. The van der Waals surface area contributed by atoms with E-state index in [9.17, 15) is 4.79 Å². The average Bonchev–Trinajstić information content (AvgIpc) is 2.37. The summed E-state index contributed by atoms with van der Waals surface area (Å²) in [5.74, 6) is 0.879. The third-order valence-electron chi connectivity index (χ3n) is 2.33. The van der Waals surface area contributed by atoms with Crippen molar-refractivity contribution in [3.63, 3.8) is 0 Å². The number of hydrogen-bond donors (Lipinski definition) is 0. The van der Waals surface area contributed by atoms with Gasteiger partial charge in [-0.3, -0.25) is 0 Å². The second kappa shape index (κ2) is 5.56. The first-order valence-electron chi connectivity index (χ1n) is 5.31. The van der Waals surface area contributed by atoms with E-state index in [0.717, 1.165) is 5.56 Å². The Bertz CT molecular complexity index is 629. The molecule has 0 saturated heterocycles. The van der Waals surface area contributed by atoms with Crippen molar-refractivity contribution in [2.24, 2.45) is 0 Å². The molecule has 2 rings (SSSR count). The summed E-state index contributed by atoms with van der Waals surface area (Å²) in [6.07, 6.45) is 3.45. The highest BCUT2D eigenvalue weighted by Crippen LogP contribution is 2.18. The van der Waals surface area contributed by atoms with Crippen molar-refractivity contribution in [2.45, 2.75) is 0 Å². The van der Waals surface area contributed by atoms with Gasteiger partial charge in [-0.25, -0.2) is 4.79 Å². The molecule has 4 heteroatoms. The minimum atomic E-state index is -0.451. The first kappa shape index (κ1) is 12.5. The van der Waals surface area contributed by atoms with Gasteiger partial charge < -0.3 is 9.15 Å². The summed E-state index contributed by atoms with van der Waals surface area (Å²) >= 11 is 6.01. The van der Waals surface area contributed by atoms with Crippen LogP contribution in [-0.2, 0) is 0 Å². The lowest BCUT2D eigenvalue weighted by Gasteiger charge is -1.99. The minimum Gasteiger partial charge on any atom is -0.496 e. The van der Waals surface area contributed by atoms with Gasteiger partial charge >= 0.3 is 5.63 Å². The van der Waals surface area contributed by atoms with Gasteiger partial charge in [-0.05, 0) is 23.8 Å². The summed E-state index contributed by atoms with van der Waals surface area (Å²) in [5, 5.41) is 0.638. The van der Waals surface area contributed by atoms with E-state index >= 15 is 0 Å². The molecular formula is C14H11ClO3. The third kappa shape index (κ3) is 3.02. The van der Waals surface area contributed by atoms with Crippen LogP contribution in [0.4, 0.5) is 0 Å². The van der Waals surface area contributed by atoms with Crippen LogP contribution >= 0.6 is 11.6 Å². The number of ether oxygens (including phenoxy) is 1. The van der Waals surface area contributed by atoms with Crippen LogP contribution in [0.25, 0.3) is 12.2 Å². The number of hydrogen-bond acceptors (Lipinski definition) is 3. The fourth-order valence-corrected chi connectivity index (χ4v) is 1.65. The second-order valence-electron chi connectivity index (χ2n) is 3.57. The fraction of sp³-hybridized carbons (Fsp3) is 0.0714. The topological polar surface area (TPSA) is 39.4 Å². The van der Waals surface area contributed by atoms with Crippen molar-refractivity contribution in [1.29, 1.82) is 0 Å². The van der Waals surface area contributed by atoms with Gasteiger partial charge in [0.25, 0.3) is 0 Å². The molecule has 0 atom stereocenters. The predicted octanol–water partition coefficient (Wildman–Crippen LogP) is 3.47. The molecule has 18 heavy (non-hydrogen) atoms. The fourth-order valence-electron chi connectivity index (χ4n) is 1.46. The van der Waals surface area contributed by atoms with Crippen molar-refractivity contribution < 1.29 is 9.15 Å². The molecule has 1 aromatic heterocycles. The lowest BCUT2D eigenvalue weighted by molar-refractivity contribution is 0.400. The Hall–Kier alpha value is -2.00. The van der Waals surface area contributed by atoms with Gasteiger partial charge in [0.1, 0.15) is 11.5 Å². The zero-order valence-corrected chi connectivity index (χ0v) is 10.5. The molecule has 0 aliphatic rings. The number of halogens is 1. The zero-order valence-electron chi connectivity index (χ0n) is 9.72. The summed E-state index contributed by atoms with van der Waals surface area (Å²) in [6, 6.07) is 10.3. The Morgan fingerprint density at radius 3 is 2.72 bits per heavy atom. The summed E-state index contributed by atoms with van der Waals surface area (Å²) < 4.78 is 10.0. The molecule has 0 aliphatic carbocycles. The van der Waals surface area contributed by atoms with Crippen LogP contribution in [0.15, 0.2) is 45.6 Å². The lowest BCUT2D eigenvalue weighted by atomic mass is 10.2. The smallest absolute Gasteiger partial charge is 0.339 e. The molecule has 0 saturated carbocycles. The summed E-state index contributed by atoms with van der Waals surface area (Å²) in [4.78, 5) is 11.2. The van der Waals surface area contributed by atoms with E-state index < -0.39 is 5.63 Å². The standard InChI is InChI=1S/C14H11ClO3/c1-17-12-8-11(18-14(16)9-12)7-6-10-4-2-3-5-13(10)15/h2-9H,1H3/b7-6-. The minimum absolute atomic E-state index is 0.416. The molecule has 1 heterocycles. The van der Waals surface area contributed by atoms with Crippen LogP contribution in [0.3, 0.4) is 0 Å². The highest BCUT2D eigenvalue weighted by Gasteiger charge is 1.99. The Kier molecular flexibility index (Phi) is 3.85. The van der Waals surface area contributed by atoms with Crippen LogP contribution in [0.2, 0.25) is 5.02 Å². The predicted molar refractivity (Wildman–Crippen MR) is 71.9 cm³/mol. The Balaban J connectivity index is 2.32. The van der Waals surface area contributed by atoms with Crippen LogP contribution in [0.1, 0.15) is 11.3 Å². The van der Waals surface area contributed by atoms with Crippen molar-refractivity contribution >= 4 is 23.8 Å².